The monoisotopic (exact) mass is 577 g/mol. The second-order valence-corrected chi connectivity index (χ2v) is 11.5. The molecule has 3 aromatic carbocycles. The Morgan fingerprint density at radius 1 is 0.919 bits per heavy atom. The summed E-state index contributed by atoms with van der Waals surface area (Å²) in [7, 11) is -4.17. The number of amides is 2. The molecule has 0 spiro atoms. The lowest BCUT2D eigenvalue weighted by Gasteiger charge is -2.13. The number of thioether (sulfide) groups is 1. The summed E-state index contributed by atoms with van der Waals surface area (Å²) in [5.74, 6) is -0.0662. The van der Waals surface area contributed by atoms with Gasteiger partial charge in [0.15, 0.2) is 5.75 Å². The van der Waals surface area contributed by atoms with Crippen LogP contribution in [0.5, 0.6) is 11.5 Å². The lowest BCUT2D eigenvalue weighted by atomic mass is 10.2. The van der Waals surface area contributed by atoms with Crippen LogP contribution >= 0.6 is 35.0 Å². The molecule has 0 atom stereocenters. The molecule has 192 valence electrons. The molecule has 0 aliphatic carbocycles. The third-order valence-electron chi connectivity index (χ3n) is 5.30. The smallest absolute Gasteiger partial charge is 0.339 e. The summed E-state index contributed by atoms with van der Waals surface area (Å²) >= 11 is 13.3. The highest BCUT2D eigenvalue weighted by molar-refractivity contribution is 8.18. The number of aryl methyl sites for hydroxylation is 2. The lowest BCUT2D eigenvalue weighted by Crippen LogP contribution is -2.32. The number of carbonyl (C=O) groups excluding carboxylic acids is 2. The van der Waals surface area contributed by atoms with Gasteiger partial charge in [-0.3, -0.25) is 14.5 Å². The van der Waals surface area contributed by atoms with Gasteiger partial charge in [0.25, 0.3) is 11.1 Å². The molecule has 0 bridgehead atoms. The van der Waals surface area contributed by atoms with E-state index in [0.717, 1.165) is 27.8 Å². The quantitative estimate of drug-likeness (QED) is 0.223. The zero-order chi connectivity index (χ0) is 26.7. The fourth-order valence-corrected chi connectivity index (χ4v) is 5.84. The van der Waals surface area contributed by atoms with Crippen molar-refractivity contribution in [3.05, 3.63) is 92.3 Å². The van der Waals surface area contributed by atoms with Crippen molar-refractivity contribution in [3.63, 3.8) is 0 Å². The highest BCUT2D eigenvalue weighted by atomic mass is 35.5. The molecule has 11 heteroatoms. The van der Waals surface area contributed by atoms with Crippen molar-refractivity contribution in [3.8, 4) is 11.5 Å². The van der Waals surface area contributed by atoms with Crippen molar-refractivity contribution < 1.29 is 26.9 Å². The van der Waals surface area contributed by atoms with E-state index in [-0.39, 0.29) is 38.7 Å². The van der Waals surface area contributed by atoms with E-state index < -0.39 is 21.3 Å². The Kier molecular flexibility index (Phi) is 8.18. The van der Waals surface area contributed by atoms with Crippen LogP contribution < -0.4 is 8.92 Å². The third kappa shape index (κ3) is 6.48. The number of imide groups is 1. The molecule has 0 saturated carbocycles. The maximum absolute atomic E-state index is 12.8. The van der Waals surface area contributed by atoms with E-state index in [1.165, 1.54) is 30.3 Å². The molecule has 1 fully saturated rings. The topological polar surface area (TPSA) is 90.0 Å². The fraction of sp³-hybridized carbons (Fsp3) is 0.154. The van der Waals surface area contributed by atoms with Crippen LogP contribution in [0.3, 0.4) is 0 Å². The predicted octanol–water partition coefficient (Wildman–Crippen LogP) is 6.49. The SMILES string of the molecule is Cc1ccc(OCCN2C(=O)S/C(=C\c3cc(Cl)c(OS(=O)(=O)c4ccc(C)cc4)c(Cl)c3)C2=O)cc1. The second kappa shape index (κ2) is 11.2. The Labute approximate surface area is 229 Å². The first-order valence-corrected chi connectivity index (χ1v) is 14.0. The summed E-state index contributed by atoms with van der Waals surface area (Å²) < 4.78 is 36.1. The van der Waals surface area contributed by atoms with Crippen LogP contribution in [0.2, 0.25) is 10.0 Å². The minimum atomic E-state index is -4.17. The minimum Gasteiger partial charge on any atom is -0.492 e. The number of hydrogen-bond acceptors (Lipinski definition) is 7. The molecule has 0 unspecified atom stereocenters. The van der Waals surface area contributed by atoms with Crippen molar-refractivity contribution in [1.82, 2.24) is 4.90 Å². The standard InChI is InChI=1S/C26H21Cl2NO6S2/c1-16-3-7-19(8-4-16)34-12-11-29-25(30)23(36-26(29)31)15-18-13-21(27)24(22(28)14-18)35-37(32,33)20-9-5-17(2)6-10-20/h3-10,13-15H,11-12H2,1-2H3/b23-15-. The van der Waals surface area contributed by atoms with Crippen molar-refractivity contribution in [2.24, 2.45) is 0 Å². The van der Waals surface area contributed by atoms with E-state index in [0.29, 0.717) is 11.3 Å². The van der Waals surface area contributed by atoms with Crippen LogP contribution in [-0.4, -0.2) is 37.6 Å². The predicted molar refractivity (Wildman–Crippen MR) is 145 cm³/mol. The van der Waals surface area contributed by atoms with Crippen LogP contribution in [0, 0.1) is 13.8 Å². The summed E-state index contributed by atoms with van der Waals surface area (Å²) in [6.45, 7) is 4.02. The van der Waals surface area contributed by atoms with Crippen molar-refractivity contribution >= 4 is 62.3 Å². The van der Waals surface area contributed by atoms with Gasteiger partial charge < -0.3 is 8.92 Å². The fourth-order valence-electron chi connectivity index (χ4n) is 3.34. The number of hydrogen-bond donors (Lipinski definition) is 0. The van der Waals surface area contributed by atoms with Gasteiger partial charge >= 0.3 is 10.1 Å². The van der Waals surface area contributed by atoms with Crippen LogP contribution in [0.1, 0.15) is 16.7 Å². The molecular formula is C26H21Cl2NO6S2. The van der Waals surface area contributed by atoms with Crippen molar-refractivity contribution in [2.45, 2.75) is 18.7 Å². The third-order valence-corrected chi connectivity index (χ3v) is 8.00. The van der Waals surface area contributed by atoms with Crippen LogP contribution in [0.25, 0.3) is 6.08 Å². The Hall–Kier alpha value is -2.98. The van der Waals surface area contributed by atoms with Gasteiger partial charge in [-0.2, -0.15) is 8.42 Å². The first kappa shape index (κ1) is 27.1. The average molecular weight is 578 g/mol. The van der Waals surface area contributed by atoms with Crippen LogP contribution in [0.15, 0.2) is 70.5 Å². The molecule has 37 heavy (non-hydrogen) atoms. The van der Waals surface area contributed by atoms with E-state index in [2.05, 4.69) is 0 Å². The van der Waals surface area contributed by atoms with E-state index in [4.69, 9.17) is 32.1 Å². The Morgan fingerprint density at radius 2 is 1.49 bits per heavy atom. The van der Waals surface area contributed by atoms with E-state index in [1.54, 1.807) is 12.1 Å². The summed E-state index contributed by atoms with van der Waals surface area (Å²) in [6, 6.07) is 16.4. The Balaban J connectivity index is 1.46. The molecule has 3 aromatic rings. The minimum absolute atomic E-state index is 0.0469. The molecule has 2 amide bonds. The normalized spacial score (nSPS) is 14.9. The molecule has 7 nitrogen and oxygen atoms in total. The van der Waals surface area contributed by atoms with Gasteiger partial charge in [-0.15, -0.1) is 0 Å². The molecule has 0 aromatic heterocycles. The van der Waals surface area contributed by atoms with E-state index >= 15 is 0 Å². The molecule has 0 N–H and O–H groups in total. The van der Waals surface area contributed by atoms with E-state index in [1.807, 2.05) is 38.1 Å². The highest BCUT2D eigenvalue weighted by Crippen LogP contribution is 2.38. The van der Waals surface area contributed by atoms with Gasteiger partial charge in [-0.05, 0) is 73.6 Å². The number of halogens is 2. The van der Waals surface area contributed by atoms with Gasteiger partial charge in [0.05, 0.1) is 21.5 Å². The molecule has 4 rings (SSSR count). The summed E-state index contributed by atoms with van der Waals surface area (Å²) in [4.78, 5) is 26.4. The molecular weight excluding hydrogens is 557 g/mol. The van der Waals surface area contributed by atoms with Gasteiger partial charge in [-0.25, -0.2) is 0 Å². The molecule has 1 heterocycles. The van der Waals surface area contributed by atoms with Gasteiger partial charge in [-0.1, -0.05) is 58.6 Å². The zero-order valence-electron chi connectivity index (χ0n) is 19.7. The summed E-state index contributed by atoms with van der Waals surface area (Å²) in [6.07, 6.45) is 1.46. The van der Waals surface area contributed by atoms with E-state index in [9.17, 15) is 18.0 Å². The number of nitrogens with zero attached hydrogens (tertiary/aromatic N) is 1. The maximum atomic E-state index is 12.8. The Bertz CT molecular complexity index is 1460. The van der Waals surface area contributed by atoms with Gasteiger partial charge in [0.1, 0.15) is 17.3 Å². The van der Waals surface area contributed by atoms with Crippen molar-refractivity contribution in [1.29, 1.82) is 0 Å². The summed E-state index contributed by atoms with van der Waals surface area (Å²) in [5.41, 5.74) is 2.38. The zero-order valence-corrected chi connectivity index (χ0v) is 22.9. The number of benzene rings is 3. The Morgan fingerprint density at radius 3 is 2.08 bits per heavy atom. The van der Waals surface area contributed by atoms with Crippen LogP contribution in [-0.2, 0) is 14.9 Å². The first-order chi connectivity index (χ1) is 17.5. The van der Waals surface area contributed by atoms with Gasteiger partial charge in [0, 0.05) is 0 Å². The molecule has 1 saturated heterocycles. The highest BCUT2D eigenvalue weighted by Gasteiger charge is 2.35. The largest absolute Gasteiger partial charge is 0.492 e. The first-order valence-electron chi connectivity index (χ1n) is 11.0. The average Bonchev–Trinajstić information content (AvgIpc) is 3.10. The lowest BCUT2D eigenvalue weighted by molar-refractivity contribution is -0.123. The molecule has 1 aliphatic heterocycles. The summed E-state index contributed by atoms with van der Waals surface area (Å²) in [5, 5.41) is -0.564. The van der Waals surface area contributed by atoms with Crippen molar-refractivity contribution in [2.75, 3.05) is 13.2 Å². The number of ether oxygens (including phenoxy) is 1. The molecule has 0 radical (unpaired) electrons. The maximum Gasteiger partial charge on any atom is 0.339 e. The molecule has 1 aliphatic rings. The number of carbonyl (C=O) groups is 2. The second-order valence-electron chi connectivity index (χ2n) is 8.16. The van der Waals surface area contributed by atoms with Crippen LogP contribution in [0.4, 0.5) is 4.79 Å². The van der Waals surface area contributed by atoms with Gasteiger partial charge in [0.2, 0.25) is 0 Å². The number of rotatable bonds is 8.